The zero-order valence-corrected chi connectivity index (χ0v) is 9.59. The summed E-state index contributed by atoms with van der Waals surface area (Å²) in [7, 11) is 0. The van der Waals surface area contributed by atoms with Crippen LogP contribution in [0.2, 0.25) is 0 Å². The van der Waals surface area contributed by atoms with Gasteiger partial charge in [0.2, 0.25) is 0 Å². The van der Waals surface area contributed by atoms with Gasteiger partial charge >= 0.3 is 0 Å². The largest absolute Gasteiger partial charge is 0.272 e. The molecule has 0 aliphatic rings. The predicted molar refractivity (Wildman–Crippen MR) is 67.1 cm³/mol. The van der Waals surface area contributed by atoms with Gasteiger partial charge in [0.25, 0.3) is 5.69 Å². The van der Waals surface area contributed by atoms with Crippen LogP contribution in [0, 0.1) is 17.0 Å². The summed E-state index contributed by atoms with van der Waals surface area (Å²) in [5, 5.41) is 10.9. The van der Waals surface area contributed by atoms with E-state index in [4.69, 9.17) is 0 Å². The van der Waals surface area contributed by atoms with Crippen molar-refractivity contribution >= 4 is 5.69 Å². The number of para-hydroxylation sites is 1. The number of benzene rings is 2. The molecule has 2 aromatic carbocycles. The Morgan fingerprint density at radius 3 is 2.35 bits per heavy atom. The second kappa shape index (κ2) is 4.78. The van der Waals surface area contributed by atoms with E-state index in [0.717, 1.165) is 11.1 Å². The van der Waals surface area contributed by atoms with E-state index in [1.807, 2.05) is 37.3 Å². The second-order valence-electron chi connectivity index (χ2n) is 4.05. The molecule has 0 saturated heterocycles. The molecule has 0 amide bonds. The Labute approximate surface area is 99.9 Å². The Balaban J connectivity index is 2.30. The molecule has 3 heteroatoms. The molecule has 2 aromatic rings. The molecule has 0 radical (unpaired) electrons. The van der Waals surface area contributed by atoms with Gasteiger partial charge in [-0.2, -0.15) is 0 Å². The van der Waals surface area contributed by atoms with Crippen LogP contribution in [0.15, 0.2) is 48.5 Å². The number of nitro benzene ring substituents is 1. The average Bonchev–Trinajstić information content (AvgIpc) is 2.32. The standard InChI is InChI=1S/C14H13NO2/c1-11-6-8-12(9-7-11)10-13-4-2-3-5-14(13)15(16)17/h2-9H,10H2,1H3. The lowest BCUT2D eigenvalue weighted by Crippen LogP contribution is -1.96. The third-order valence-corrected chi connectivity index (χ3v) is 2.70. The maximum Gasteiger partial charge on any atom is 0.272 e. The molecule has 0 aliphatic heterocycles. The van der Waals surface area contributed by atoms with Crippen LogP contribution in [-0.2, 0) is 6.42 Å². The van der Waals surface area contributed by atoms with E-state index in [1.165, 1.54) is 5.56 Å². The molecule has 0 heterocycles. The third kappa shape index (κ3) is 2.69. The van der Waals surface area contributed by atoms with E-state index < -0.39 is 0 Å². The van der Waals surface area contributed by atoms with Gasteiger partial charge in [0.15, 0.2) is 0 Å². The van der Waals surface area contributed by atoms with Crippen LogP contribution in [-0.4, -0.2) is 4.92 Å². The van der Waals surface area contributed by atoms with Crippen LogP contribution >= 0.6 is 0 Å². The number of nitrogens with zero attached hydrogens (tertiary/aromatic N) is 1. The van der Waals surface area contributed by atoms with Gasteiger partial charge in [-0.3, -0.25) is 10.1 Å². The minimum atomic E-state index is -0.330. The zero-order chi connectivity index (χ0) is 12.3. The fourth-order valence-electron chi connectivity index (χ4n) is 1.76. The first-order valence-corrected chi connectivity index (χ1v) is 5.44. The van der Waals surface area contributed by atoms with Gasteiger partial charge in [-0.1, -0.05) is 48.0 Å². The molecular weight excluding hydrogens is 214 g/mol. The van der Waals surface area contributed by atoms with Crippen molar-refractivity contribution in [1.29, 1.82) is 0 Å². The lowest BCUT2D eigenvalue weighted by atomic mass is 10.0. The summed E-state index contributed by atoms with van der Waals surface area (Å²) < 4.78 is 0. The fraction of sp³-hybridized carbons (Fsp3) is 0.143. The van der Waals surface area contributed by atoms with Gasteiger partial charge in [0, 0.05) is 18.1 Å². The summed E-state index contributed by atoms with van der Waals surface area (Å²) in [5.41, 5.74) is 3.22. The van der Waals surface area contributed by atoms with Crippen molar-refractivity contribution in [2.24, 2.45) is 0 Å². The Morgan fingerprint density at radius 2 is 1.71 bits per heavy atom. The lowest BCUT2D eigenvalue weighted by Gasteiger charge is -2.03. The minimum Gasteiger partial charge on any atom is -0.258 e. The van der Waals surface area contributed by atoms with Crippen molar-refractivity contribution in [3.63, 3.8) is 0 Å². The first kappa shape index (κ1) is 11.3. The number of hydrogen-bond donors (Lipinski definition) is 0. The molecule has 0 fully saturated rings. The van der Waals surface area contributed by atoms with Crippen LogP contribution in [0.3, 0.4) is 0 Å². The summed E-state index contributed by atoms with van der Waals surface area (Å²) in [6.07, 6.45) is 0.595. The van der Waals surface area contributed by atoms with Gasteiger partial charge in [-0.05, 0) is 12.5 Å². The summed E-state index contributed by atoms with van der Waals surface area (Å²) in [6, 6.07) is 14.9. The molecule has 0 atom stereocenters. The van der Waals surface area contributed by atoms with Crippen LogP contribution in [0.5, 0.6) is 0 Å². The first-order valence-electron chi connectivity index (χ1n) is 5.44. The summed E-state index contributed by atoms with van der Waals surface area (Å²) in [5.74, 6) is 0. The van der Waals surface area contributed by atoms with E-state index in [1.54, 1.807) is 18.2 Å². The molecule has 0 spiro atoms. The SMILES string of the molecule is Cc1ccc(Cc2ccccc2[N+](=O)[O-])cc1. The molecule has 3 nitrogen and oxygen atoms in total. The van der Waals surface area contributed by atoms with Crippen LogP contribution in [0.4, 0.5) is 5.69 Å². The normalized spacial score (nSPS) is 10.2. The Hall–Kier alpha value is -2.16. The summed E-state index contributed by atoms with van der Waals surface area (Å²) in [6.45, 7) is 2.02. The highest BCUT2D eigenvalue weighted by Gasteiger charge is 2.12. The summed E-state index contributed by atoms with van der Waals surface area (Å²) in [4.78, 5) is 10.5. The fourth-order valence-corrected chi connectivity index (χ4v) is 1.76. The summed E-state index contributed by atoms with van der Waals surface area (Å²) >= 11 is 0. The van der Waals surface area contributed by atoms with Gasteiger partial charge in [0.1, 0.15) is 0 Å². The first-order chi connectivity index (χ1) is 8.16. The highest BCUT2D eigenvalue weighted by atomic mass is 16.6. The van der Waals surface area contributed by atoms with Crippen molar-refractivity contribution in [2.45, 2.75) is 13.3 Å². The smallest absolute Gasteiger partial charge is 0.258 e. The second-order valence-corrected chi connectivity index (χ2v) is 4.05. The third-order valence-electron chi connectivity index (χ3n) is 2.70. The van der Waals surface area contributed by atoms with Gasteiger partial charge < -0.3 is 0 Å². The van der Waals surface area contributed by atoms with Crippen molar-refractivity contribution in [1.82, 2.24) is 0 Å². The minimum absolute atomic E-state index is 0.188. The quantitative estimate of drug-likeness (QED) is 0.595. The predicted octanol–water partition coefficient (Wildman–Crippen LogP) is 3.49. The van der Waals surface area contributed by atoms with Crippen LogP contribution in [0.1, 0.15) is 16.7 Å². The van der Waals surface area contributed by atoms with Gasteiger partial charge in [-0.15, -0.1) is 0 Å². The highest BCUT2D eigenvalue weighted by Crippen LogP contribution is 2.21. The average molecular weight is 227 g/mol. The van der Waals surface area contributed by atoms with Crippen molar-refractivity contribution in [3.8, 4) is 0 Å². The van der Waals surface area contributed by atoms with Crippen LogP contribution in [0.25, 0.3) is 0 Å². The van der Waals surface area contributed by atoms with E-state index in [0.29, 0.717) is 6.42 Å². The molecule has 0 bridgehead atoms. The van der Waals surface area contributed by atoms with Crippen LogP contribution < -0.4 is 0 Å². The topological polar surface area (TPSA) is 43.1 Å². The van der Waals surface area contributed by atoms with Crippen molar-refractivity contribution in [3.05, 3.63) is 75.3 Å². The number of hydrogen-bond acceptors (Lipinski definition) is 2. The Kier molecular flexibility index (Phi) is 3.19. The zero-order valence-electron chi connectivity index (χ0n) is 9.59. The molecule has 0 saturated carbocycles. The Morgan fingerprint density at radius 1 is 1.06 bits per heavy atom. The maximum absolute atomic E-state index is 10.9. The van der Waals surface area contributed by atoms with Crippen molar-refractivity contribution in [2.75, 3.05) is 0 Å². The number of rotatable bonds is 3. The molecule has 0 aromatic heterocycles. The number of aryl methyl sites for hydroxylation is 1. The lowest BCUT2D eigenvalue weighted by molar-refractivity contribution is -0.385. The highest BCUT2D eigenvalue weighted by molar-refractivity contribution is 5.43. The van der Waals surface area contributed by atoms with E-state index in [9.17, 15) is 10.1 Å². The van der Waals surface area contributed by atoms with Gasteiger partial charge in [0.05, 0.1) is 4.92 Å². The van der Waals surface area contributed by atoms with E-state index >= 15 is 0 Å². The Bertz CT molecular complexity index is 532. The molecule has 86 valence electrons. The molecule has 2 rings (SSSR count). The molecule has 0 N–H and O–H groups in total. The molecule has 0 unspecified atom stereocenters. The van der Waals surface area contributed by atoms with E-state index in [2.05, 4.69) is 0 Å². The molecule has 0 aliphatic carbocycles. The van der Waals surface area contributed by atoms with Gasteiger partial charge in [-0.25, -0.2) is 0 Å². The number of nitro groups is 1. The molecular formula is C14H13NO2. The van der Waals surface area contributed by atoms with Crippen molar-refractivity contribution < 1.29 is 4.92 Å². The van der Waals surface area contributed by atoms with E-state index in [-0.39, 0.29) is 10.6 Å². The maximum atomic E-state index is 10.9. The monoisotopic (exact) mass is 227 g/mol. The molecule has 17 heavy (non-hydrogen) atoms.